The number of pyridine rings is 1. The molecule has 22 heavy (non-hydrogen) atoms. The number of aromatic nitrogens is 1. The molecule has 7 heteroatoms. The fraction of sp³-hybridized carbons (Fsp3) is 0.133. The number of halogens is 2. The first-order chi connectivity index (χ1) is 10.6. The average Bonchev–Trinajstić information content (AvgIpc) is 2.54. The SMILES string of the molecule is O=C(NCCOC(=O)c1cccc(Cl)c1F)c1cccnc1. The number of esters is 1. The standard InChI is InChI=1S/C15H12ClFN2O3/c16-12-5-1-4-11(13(12)17)15(21)22-8-7-19-14(20)10-3-2-6-18-9-10/h1-6,9H,7-8H2,(H,19,20). The van der Waals surface area contributed by atoms with Gasteiger partial charge in [0.05, 0.1) is 22.7 Å². The van der Waals surface area contributed by atoms with Gasteiger partial charge in [0.25, 0.3) is 5.91 Å². The maximum atomic E-state index is 13.6. The molecular formula is C15H12ClFN2O3. The van der Waals surface area contributed by atoms with Crippen LogP contribution < -0.4 is 5.32 Å². The Kier molecular flexibility index (Phi) is 5.43. The number of hydrogen-bond acceptors (Lipinski definition) is 4. The lowest BCUT2D eigenvalue weighted by molar-refractivity contribution is 0.0498. The first kappa shape index (κ1) is 15.9. The summed E-state index contributed by atoms with van der Waals surface area (Å²) in [6, 6.07) is 7.30. The Morgan fingerprint density at radius 3 is 2.82 bits per heavy atom. The van der Waals surface area contributed by atoms with Gasteiger partial charge in [-0.2, -0.15) is 0 Å². The zero-order valence-corrected chi connectivity index (χ0v) is 12.1. The van der Waals surface area contributed by atoms with E-state index in [-0.39, 0.29) is 29.6 Å². The summed E-state index contributed by atoms with van der Waals surface area (Å²) in [5.41, 5.74) is 0.154. The average molecular weight is 323 g/mol. The van der Waals surface area contributed by atoms with Crippen molar-refractivity contribution >= 4 is 23.5 Å². The van der Waals surface area contributed by atoms with Crippen LogP contribution in [-0.2, 0) is 4.74 Å². The number of amides is 1. The van der Waals surface area contributed by atoms with Gasteiger partial charge in [-0.1, -0.05) is 17.7 Å². The molecule has 0 aliphatic heterocycles. The molecule has 0 saturated carbocycles. The number of benzene rings is 1. The van der Waals surface area contributed by atoms with Gasteiger partial charge in [0, 0.05) is 12.4 Å². The van der Waals surface area contributed by atoms with Crippen LogP contribution in [0.1, 0.15) is 20.7 Å². The summed E-state index contributed by atoms with van der Waals surface area (Å²) in [6.07, 6.45) is 2.97. The van der Waals surface area contributed by atoms with Crippen molar-refractivity contribution in [2.45, 2.75) is 0 Å². The van der Waals surface area contributed by atoms with Crippen molar-refractivity contribution in [1.29, 1.82) is 0 Å². The van der Waals surface area contributed by atoms with E-state index in [9.17, 15) is 14.0 Å². The van der Waals surface area contributed by atoms with E-state index in [0.717, 1.165) is 0 Å². The summed E-state index contributed by atoms with van der Waals surface area (Å²) in [4.78, 5) is 27.2. The van der Waals surface area contributed by atoms with Crippen LogP contribution in [0.25, 0.3) is 0 Å². The monoisotopic (exact) mass is 322 g/mol. The van der Waals surface area contributed by atoms with Gasteiger partial charge in [-0.3, -0.25) is 9.78 Å². The van der Waals surface area contributed by atoms with Gasteiger partial charge in [-0.15, -0.1) is 0 Å². The molecule has 1 heterocycles. The minimum atomic E-state index is -0.837. The molecule has 114 valence electrons. The third-order valence-corrected chi connectivity index (χ3v) is 3.01. The van der Waals surface area contributed by atoms with E-state index in [0.29, 0.717) is 5.56 Å². The lowest BCUT2D eigenvalue weighted by Gasteiger charge is -2.07. The quantitative estimate of drug-likeness (QED) is 0.678. The third kappa shape index (κ3) is 4.02. The number of carbonyl (C=O) groups excluding carboxylic acids is 2. The summed E-state index contributed by atoms with van der Waals surface area (Å²) in [7, 11) is 0. The molecular weight excluding hydrogens is 311 g/mol. The molecule has 0 bridgehead atoms. The van der Waals surface area contributed by atoms with E-state index in [1.54, 1.807) is 18.3 Å². The van der Waals surface area contributed by atoms with Gasteiger partial charge in [0.1, 0.15) is 6.61 Å². The van der Waals surface area contributed by atoms with Gasteiger partial charge in [0.2, 0.25) is 0 Å². The molecule has 0 saturated heterocycles. The summed E-state index contributed by atoms with van der Waals surface area (Å²) in [5, 5.41) is 2.40. The van der Waals surface area contributed by atoms with E-state index < -0.39 is 11.8 Å². The molecule has 0 unspecified atom stereocenters. The Morgan fingerprint density at radius 2 is 2.09 bits per heavy atom. The highest BCUT2D eigenvalue weighted by Crippen LogP contribution is 2.18. The topological polar surface area (TPSA) is 68.3 Å². The first-order valence-electron chi connectivity index (χ1n) is 6.39. The maximum absolute atomic E-state index is 13.6. The predicted octanol–water partition coefficient (Wildman–Crippen LogP) is 2.46. The van der Waals surface area contributed by atoms with E-state index >= 15 is 0 Å². The van der Waals surface area contributed by atoms with Crippen molar-refractivity contribution in [2.75, 3.05) is 13.2 Å². The van der Waals surface area contributed by atoms with Crippen molar-refractivity contribution in [3.8, 4) is 0 Å². The highest BCUT2D eigenvalue weighted by atomic mass is 35.5. The molecule has 1 N–H and O–H groups in total. The van der Waals surface area contributed by atoms with Crippen LogP contribution >= 0.6 is 11.6 Å². The Hall–Kier alpha value is -2.47. The molecule has 1 aromatic carbocycles. The number of nitrogens with one attached hydrogen (secondary N) is 1. The van der Waals surface area contributed by atoms with E-state index in [1.807, 2.05) is 0 Å². The van der Waals surface area contributed by atoms with Crippen molar-refractivity contribution in [1.82, 2.24) is 10.3 Å². The highest BCUT2D eigenvalue weighted by Gasteiger charge is 2.15. The molecule has 0 aliphatic rings. The number of carbonyl (C=O) groups is 2. The minimum Gasteiger partial charge on any atom is -0.460 e. The van der Waals surface area contributed by atoms with Crippen molar-refractivity contribution in [2.24, 2.45) is 0 Å². The molecule has 0 aliphatic carbocycles. The van der Waals surface area contributed by atoms with E-state index in [1.165, 1.54) is 24.4 Å². The normalized spacial score (nSPS) is 10.1. The van der Waals surface area contributed by atoms with Crippen LogP contribution in [0.3, 0.4) is 0 Å². The second-order valence-electron chi connectivity index (χ2n) is 4.23. The molecule has 1 amide bonds. The Bertz CT molecular complexity index is 680. The molecule has 5 nitrogen and oxygen atoms in total. The minimum absolute atomic E-state index is 0.0865. The van der Waals surface area contributed by atoms with Gasteiger partial charge < -0.3 is 10.1 Å². The van der Waals surface area contributed by atoms with Crippen LogP contribution in [0, 0.1) is 5.82 Å². The lowest BCUT2D eigenvalue weighted by atomic mass is 10.2. The fourth-order valence-electron chi connectivity index (χ4n) is 1.65. The summed E-state index contributed by atoms with van der Waals surface area (Å²) in [6.45, 7) is 0.0123. The number of rotatable bonds is 5. The number of ether oxygens (including phenoxy) is 1. The second kappa shape index (κ2) is 7.51. The zero-order chi connectivity index (χ0) is 15.9. The molecule has 2 aromatic rings. The van der Waals surface area contributed by atoms with Crippen molar-refractivity contribution < 1.29 is 18.7 Å². The van der Waals surface area contributed by atoms with Crippen molar-refractivity contribution in [3.63, 3.8) is 0 Å². The fourth-order valence-corrected chi connectivity index (χ4v) is 1.82. The Labute approximate surface area is 131 Å². The summed E-state index contributed by atoms with van der Waals surface area (Å²) in [5.74, 6) is -2.00. The number of hydrogen-bond donors (Lipinski definition) is 1. The third-order valence-electron chi connectivity index (χ3n) is 2.72. The summed E-state index contributed by atoms with van der Waals surface area (Å²) < 4.78 is 18.5. The molecule has 0 radical (unpaired) electrons. The van der Waals surface area contributed by atoms with E-state index in [4.69, 9.17) is 16.3 Å². The maximum Gasteiger partial charge on any atom is 0.341 e. The van der Waals surface area contributed by atoms with Crippen LogP contribution in [0.15, 0.2) is 42.7 Å². The van der Waals surface area contributed by atoms with Crippen LogP contribution in [0.4, 0.5) is 4.39 Å². The van der Waals surface area contributed by atoms with Crippen LogP contribution in [0.5, 0.6) is 0 Å². The molecule has 2 rings (SSSR count). The molecule has 0 spiro atoms. The first-order valence-corrected chi connectivity index (χ1v) is 6.76. The van der Waals surface area contributed by atoms with Gasteiger partial charge in [0.15, 0.2) is 5.82 Å². The second-order valence-corrected chi connectivity index (χ2v) is 4.64. The lowest BCUT2D eigenvalue weighted by Crippen LogP contribution is -2.28. The molecule has 0 atom stereocenters. The Balaban J connectivity index is 1.80. The van der Waals surface area contributed by atoms with Crippen molar-refractivity contribution in [3.05, 3.63) is 64.7 Å². The van der Waals surface area contributed by atoms with Gasteiger partial charge in [-0.05, 0) is 24.3 Å². The highest BCUT2D eigenvalue weighted by molar-refractivity contribution is 6.31. The summed E-state index contributed by atoms with van der Waals surface area (Å²) >= 11 is 5.58. The Morgan fingerprint density at radius 1 is 1.27 bits per heavy atom. The number of nitrogens with zero attached hydrogens (tertiary/aromatic N) is 1. The molecule has 0 fully saturated rings. The van der Waals surface area contributed by atoms with Gasteiger partial charge >= 0.3 is 5.97 Å². The predicted molar refractivity (Wildman–Crippen MR) is 78.3 cm³/mol. The van der Waals surface area contributed by atoms with Crippen LogP contribution in [0.2, 0.25) is 5.02 Å². The largest absolute Gasteiger partial charge is 0.460 e. The van der Waals surface area contributed by atoms with Gasteiger partial charge in [-0.25, -0.2) is 9.18 Å². The zero-order valence-electron chi connectivity index (χ0n) is 11.4. The molecule has 1 aromatic heterocycles. The van der Waals surface area contributed by atoms with E-state index in [2.05, 4.69) is 10.3 Å². The smallest absolute Gasteiger partial charge is 0.341 e. The van der Waals surface area contributed by atoms with Crippen LogP contribution in [-0.4, -0.2) is 30.0 Å².